The third-order valence-corrected chi connectivity index (χ3v) is 3.85. The van der Waals surface area contributed by atoms with Crippen molar-refractivity contribution in [3.63, 3.8) is 0 Å². The average Bonchev–Trinajstić information content (AvgIpc) is 2.98. The molecule has 3 N–H and O–H groups in total. The highest BCUT2D eigenvalue weighted by Gasteiger charge is 2.31. The molecule has 1 aliphatic carbocycles. The van der Waals surface area contributed by atoms with Crippen molar-refractivity contribution in [2.24, 2.45) is 11.1 Å². The van der Waals surface area contributed by atoms with Gasteiger partial charge in [-0.1, -0.05) is 0 Å². The first kappa shape index (κ1) is 11.3. The molecule has 0 aromatic rings. The normalized spacial score (nSPS) is 25.7. The summed E-state index contributed by atoms with van der Waals surface area (Å²) in [6.45, 7) is 2.72. The molecular formula is C9H19N3O2S. The predicted octanol–water partition coefficient (Wildman–Crippen LogP) is -0.346. The van der Waals surface area contributed by atoms with Crippen molar-refractivity contribution in [3.8, 4) is 0 Å². The van der Waals surface area contributed by atoms with Gasteiger partial charge in [0.15, 0.2) is 0 Å². The molecular weight excluding hydrogens is 214 g/mol. The van der Waals surface area contributed by atoms with E-state index in [0.717, 1.165) is 32.0 Å². The fourth-order valence-corrected chi connectivity index (χ4v) is 2.66. The maximum atomic E-state index is 10.7. The Hall–Kier alpha value is -0.170. The number of hydrogen-bond acceptors (Lipinski definition) is 3. The molecule has 0 bridgehead atoms. The van der Waals surface area contributed by atoms with Crippen LogP contribution in [-0.2, 0) is 10.2 Å². The minimum absolute atomic E-state index is 0.457. The van der Waals surface area contributed by atoms with E-state index in [1.54, 1.807) is 0 Å². The fraction of sp³-hybridized carbons (Fsp3) is 1.00. The topological polar surface area (TPSA) is 75.4 Å². The number of likely N-dealkylation sites (tertiary alicyclic amines) is 1. The molecule has 0 spiro atoms. The summed E-state index contributed by atoms with van der Waals surface area (Å²) in [6.07, 6.45) is 4.86. The minimum Gasteiger partial charge on any atom is -0.300 e. The van der Waals surface area contributed by atoms with E-state index in [1.807, 2.05) is 0 Å². The van der Waals surface area contributed by atoms with Crippen molar-refractivity contribution in [3.05, 3.63) is 0 Å². The lowest BCUT2D eigenvalue weighted by molar-refractivity contribution is 0.177. The zero-order valence-electron chi connectivity index (χ0n) is 8.85. The Morgan fingerprint density at radius 2 is 1.80 bits per heavy atom. The summed E-state index contributed by atoms with van der Waals surface area (Å²) in [5, 5.41) is 4.89. The second kappa shape index (κ2) is 4.37. The number of rotatable bonds is 4. The lowest BCUT2D eigenvalue weighted by atomic mass is 9.97. The molecule has 2 aliphatic rings. The number of piperidine rings is 1. The van der Waals surface area contributed by atoms with E-state index in [4.69, 9.17) is 5.14 Å². The molecule has 2 rings (SSSR count). The van der Waals surface area contributed by atoms with Crippen LogP contribution < -0.4 is 9.86 Å². The van der Waals surface area contributed by atoms with Crippen LogP contribution in [0.2, 0.25) is 0 Å². The van der Waals surface area contributed by atoms with Crippen molar-refractivity contribution in [1.82, 2.24) is 9.62 Å². The summed E-state index contributed by atoms with van der Waals surface area (Å²) in [5.41, 5.74) is 0. The average molecular weight is 233 g/mol. The number of hydrogen-bond donors (Lipinski definition) is 2. The van der Waals surface area contributed by atoms with Crippen LogP contribution in [0.15, 0.2) is 0 Å². The third kappa shape index (κ3) is 3.71. The lowest BCUT2D eigenvalue weighted by Crippen LogP contribution is -2.41. The standard InChI is InChI=1S/C9H19N3O2S/c10-15(13,14)11-7-8-3-5-12(6-4-8)9-1-2-9/h8-9,11H,1-7H2,(H2,10,13,14). The van der Waals surface area contributed by atoms with Gasteiger partial charge in [-0.05, 0) is 44.7 Å². The minimum atomic E-state index is -3.50. The molecule has 0 aromatic carbocycles. The Labute approximate surface area is 91.2 Å². The second-order valence-electron chi connectivity index (χ2n) is 4.60. The second-order valence-corrected chi connectivity index (χ2v) is 5.98. The molecule has 15 heavy (non-hydrogen) atoms. The summed E-state index contributed by atoms with van der Waals surface area (Å²) in [6, 6.07) is 0.831. The first-order valence-corrected chi connectivity index (χ1v) is 7.10. The van der Waals surface area contributed by atoms with E-state index < -0.39 is 10.2 Å². The Kier molecular flexibility index (Phi) is 3.30. The van der Waals surface area contributed by atoms with E-state index in [9.17, 15) is 8.42 Å². The summed E-state index contributed by atoms with van der Waals surface area (Å²) in [7, 11) is -3.50. The van der Waals surface area contributed by atoms with Crippen molar-refractivity contribution in [1.29, 1.82) is 0 Å². The maximum Gasteiger partial charge on any atom is 0.274 e. The molecule has 1 saturated carbocycles. The number of nitrogens with zero attached hydrogens (tertiary/aromatic N) is 1. The van der Waals surface area contributed by atoms with Crippen LogP contribution >= 0.6 is 0 Å². The summed E-state index contributed by atoms with van der Waals surface area (Å²) in [5.74, 6) is 0.457. The van der Waals surface area contributed by atoms with Crippen LogP contribution in [0.5, 0.6) is 0 Å². The van der Waals surface area contributed by atoms with Gasteiger partial charge < -0.3 is 4.90 Å². The van der Waals surface area contributed by atoms with Crippen LogP contribution in [0.3, 0.4) is 0 Å². The lowest BCUT2D eigenvalue weighted by Gasteiger charge is -2.31. The van der Waals surface area contributed by atoms with Gasteiger partial charge in [0.25, 0.3) is 10.2 Å². The van der Waals surface area contributed by atoms with Gasteiger partial charge in [0.2, 0.25) is 0 Å². The highest BCUT2D eigenvalue weighted by atomic mass is 32.2. The summed E-state index contributed by atoms with van der Waals surface area (Å²) in [4.78, 5) is 2.52. The molecule has 6 heteroatoms. The predicted molar refractivity (Wildman–Crippen MR) is 58.4 cm³/mol. The van der Waals surface area contributed by atoms with E-state index in [-0.39, 0.29) is 0 Å². The summed E-state index contributed by atoms with van der Waals surface area (Å²) >= 11 is 0. The molecule has 0 atom stereocenters. The zero-order valence-corrected chi connectivity index (χ0v) is 9.67. The molecule has 0 radical (unpaired) electrons. The van der Waals surface area contributed by atoms with Gasteiger partial charge >= 0.3 is 0 Å². The number of nitrogens with two attached hydrogens (primary N) is 1. The largest absolute Gasteiger partial charge is 0.300 e. The Morgan fingerprint density at radius 3 is 2.27 bits per heavy atom. The van der Waals surface area contributed by atoms with Crippen molar-refractivity contribution in [2.75, 3.05) is 19.6 Å². The van der Waals surface area contributed by atoms with Gasteiger partial charge in [0, 0.05) is 12.6 Å². The van der Waals surface area contributed by atoms with Gasteiger partial charge in [-0.25, -0.2) is 9.86 Å². The van der Waals surface area contributed by atoms with Gasteiger partial charge in [0.1, 0.15) is 0 Å². The molecule has 2 fully saturated rings. The van der Waals surface area contributed by atoms with Crippen molar-refractivity contribution >= 4 is 10.2 Å². The molecule has 1 heterocycles. The highest BCUT2D eigenvalue weighted by molar-refractivity contribution is 7.87. The first-order chi connectivity index (χ1) is 7.04. The van der Waals surface area contributed by atoms with Crippen molar-refractivity contribution in [2.45, 2.75) is 31.7 Å². The fourth-order valence-electron chi connectivity index (χ4n) is 2.20. The number of nitrogens with one attached hydrogen (secondary N) is 1. The molecule has 0 aromatic heterocycles. The van der Waals surface area contributed by atoms with Crippen LogP contribution in [0.1, 0.15) is 25.7 Å². The van der Waals surface area contributed by atoms with E-state index in [1.165, 1.54) is 12.8 Å². The molecule has 0 unspecified atom stereocenters. The third-order valence-electron chi connectivity index (χ3n) is 3.29. The van der Waals surface area contributed by atoms with Crippen LogP contribution in [0.25, 0.3) is 0 Å². The van der Waals surface area contributed by atoms with Crippen LogP contribution in [0.4, 0.5) is 0 Å². The van der Waals surface area contributed by atoms with Gasteiger partial charge in [0.05, 0.1) is 0 Å². The monoisotopic (exact) mass is 233 g/mol. The zero-order chi connectivity index (χ0) is 10.9. The molecule has 1 aliphatic heterocycles. The molecule has 0 amide bonds. The van der Waals surface area contributed by atoms with Crippen LogP contribution in [-0.4, -0.2) is 39.0 Å². The molecule has 1 saturated heterocycles. The SMILES string of the molecule is NS(=O)(=O)NCC1CCN(C2CC2)CC1. The quantitative estimate of drug-likeness (QED) is 0.697. The molecule has 88 valence electrons. The Bertz CT molecular complexity index is 305. The highest BCUT2D eigenvalue weighted by Crippen LogP contribution is 2.30. The van der Waals surface area contributed by atoms with E-state index in [0.29, 0.717) is 12.5 Å². The van der Waals surface area contributed by atoms with Crippen molar-refractivity contribution < 1.29 is 8.42 Å². The Balaban J connectivity index is 1.69. The summed E-state index contributed by atoms with van der Waals surface area (Å²) < 4.78 is 23.8. The maximum absolute atomic E-state index is 10.7. The van der Waals surface area contributed by atoms with E-state index in [2.05, 4.69) is 9.62 Å². The Morgan fingerprint density at radius 1 is 1.20 bits per heavy atom. The van der Waals surface area contributed by atoms with Gasteiger partial charge in [-0.2, -0.15) is 8.42 Å². The molecule has 5 nitrogen and oxygen atoms in total. The first-order valence-electron chi connectivity index (χ1n) is 5.56. The smallest absolute Gasteiger partial charge is 0.274 e. The van der Waals surface area contributed by atoms with Crippen LogP contribution in [0, 0.1) is 5.92 Å². The van der Waals surface area contributed by atoms with E-state index >= 15 is 0 Å². The van der Waals surface area contributed by atoms with Gasteiger partial charge in [-0.3, -0.25) is 0 Å². The van der Waals surface area contributed by atoms with Gasteiger partial charge in [-0.15, -0.1) is 0 Å².